The maximum Gasteiger partial charge on any atom is 0.276 e. The number of para-hydroxylation sites is 1. The Hall–Kier alpha value is -2.25. The average Bonchev–Trinajstić information content (AvgIpc) is 3.15. The molecule has 1 N–H and O–H groups in total. The summed E-state index contributed by atoms with van der Waals surface area (Å²) in [5.74, 6) is -0.123. The van der Waals surface area contributed by atoms with E-state index in [4.69, 9.17) is 4.74 Å². The first kappa shape index (κ1) is 16.2. The van der Waals surface area contributed by atoms with Gasteiger partial charge in [-0.25, -0.2) is 4.68 Å². The highest BCUT2D eigenvalue weighted by molar-refractivity contribution is 5.92. The summed E-state index contributed by atoms with van der Waals surface area (Å²) in [6, 6.07) is 9.58. The molecule has 7 heteroatoms. The number of amides is 1. The van der Waals surface area contributed by atoms with Crippen molar-refractivity contribution in [3.05, 3.63) is 42.2 Å². The number of likely N-dealkylation sites (tertiary alicyclic amines) is 1. The first-order chi connectivity index (χ1) is 12.2. The van der Waals surface area contributed by atoms with Crippen LogP contribution in [0.1, 0.15) is 36.2 Å². The second-order valence-corrected chi connectivity index (χ2v) is 6.75. The minimum atomic E-state index is -0.476. The summed E-state index contributed by atoms with van der Waals surface area (Å²) in [7, 11) is 0. The molecule has 1 unspecified atom stereocenters. The van der Waals surface area contributed by atoms with Crippen LogP contribution in [0.2, 0.25) is 0 Å². The van der Waals surface area contributed by atoms with Crippen LogP contribution in [0.3, 0.4) is 0 Å². The van der Waals surface area contributed by atoms with Crippen molar-refractivity contribution in [2.24, 2.45) is 0 Å². The molecule has 1 aromatic heterocycles. The highest BCUT2D eigenvalue weighted by Gasteiger charge is 2.44. The molecule has 2 aliphatic heterocycles. The van der Waals surface area contributed by atoms with Gasteiger partial charge in [0, 0.05) is 19.7 Å². The van der Waals surface area contributed by atoms with Crippen LogP contribution in [0.15, 0.2) is 36.5 Å². The average molecular weight is 342 g/mol. The van der Waals surface area contributed by atoms with Crippen molar-refractivity contribution in [2.75, 3.05) is 19.7 Å². The quantitative estimate of drug-likeness (QED) is 0.893. The van der Waals surface area contributed by atoms with E-state index in [0.29, 0.717) is 38.2 Å². The molecule has 7 nitrogen and oxygen atoms in total. The van der Waals surface area contributed by atoms with Gasteiger partial charge >= 0.3 is 0 Å². The molecule has 0 radical (unpaired) electrons. The third-order valence-corrected chi connectivity index (χ3v) is 5.25. The minimum absolute atomic E-state index is 0.123. The van der Waals surface area contributed by atoms with E-state index in [-0.39, 0.29) is 5.91 Å². The summed E-state index contributed by atoms with van der Waals surface area (Å²) >= 11 is 0. The summed E-state index contributed by atoms with van der Waals surface area (Å²) in [6.07, 6.45) is 4.22. The first-order valence-corrected chi connectivity index (χ1v) is 8.77. The number of aliphatic hydroxyl groups excluding tert-OH is 1. The Labute approximate surface area is 146 Å². The monoisotopic (exact) mass is 342 g/mol. The Balaban J connectivity index is 1.43. The van der Waals surface area contributed by atoms with Crippen molar-refractivity contribution >= 4 is 5.91 Å². The van der Waals surface area contributed by atoms with Crippen LogP contribution in [0.25, 0.3) is 5.69 Å². The Bertz CT molecular complexity index is 738. The van der Waals surface area contributed by atoms with Gasteiger partial charge in [0.05, 0.1) is 23.6 Å². The number of rotatable bonds is 2. The SMILES string of the molecule is O=C(c1cn(-c2ccccc2)nn1)N1CCC2(CC1)OCCCC2O. The zero-order valence-electron chi connectivity index (χ0n) is 14.0. The number of piperidine rings is 1. The molecule has 1 aromatic carbocycles. The van der Waals surface area contributed by atoms with Crippen LogP contribution in [-0.4, -0.2) is 62.3 Å². The van der Waals surface area contributed by atoms with Gasteiger partial charge in [0.2, 0.25) is 0 Å². The molecule has 3 heterocycles. The Kier molecular flexibility index (Phi) is 4.27. The molecule has 4 rings (SSSR count). The molecular formula is C18H22N4O3. The summed E-state index contributed by atoms with van der Waals surface area (Å²) in [4.78, 5) is 14.5. The van der Waals surface area contributed by atoms with Crippen molar-refractivity contribution in [3.8, 4) is 5.69 Å². The summed E-state index contributed by atoms with van der Waals surface area (Å²) in [6.45, 7) is 1.82. The number of hydrogen-bond donors (Lipinski definition) is 1. The molecule has 0 aliphatic carbocycles. The molecule has 2 saturated heterocycles. The normalized spacial score (nSPS) is 22.9. The van der Waals surface area contributed by atoms with E-state index < -0.39 is 11.7 Å². The summed E-state index contributed by atoms with van der Waals surface area (Å²) < 4.78 is 7.50. The third-order valence-electron chi connectivity index (χ3n) is 5.25. The van der Waals surface area contributed by atoms with Crippen LogP contribution in [-0.2, 0) is 4.74 Å². The highest BCUT2D eigenvalue weighted by Crippen LogP contribution is 2.35. The predicted octanol–water partition coefficient (Wildman–Crippen LogP) is 1.41. The van der Waals surface area contributed by atoms with Crippen LogP contribution in [0, 0.1) is 0 Å². The molecule has 2 fully saturated rings. The van der Waals surface area contributed by atoms with Crippen LogP contribution >= 0.6 is 0 Å². The van der Waals surface area contributed by atoms with Gasteiger partial charge in [-0.3, -0.25) is 4.79 Å². The van der Waals surface area contributed by atoms with Gasteiger partial charge in [-0.1, -0.05) is 23.4 Å². The fourth-order valence-electron chi connectivity index (χ4n) is 3.71. The van der Waals surface area contributed by atoms with Crippen LogP contribution in [0.4, 0.5) is 0 Å². The number of nitrogens with zero attached hydrogens (tertiary/aromatic N) is 4. The zero-order chi connectivity index (χ0) is 17.3. The number of hydrogen-bond acceptors (Lipinski definition) is 5. The molecule has 2 aromatic rings. The lowest BCUT2D eigenvalue weighted by atomic mass is 9.82. The molecule has 1 atom stereocenters. The zero-order valence-corrected chi connectivity index (χ0v) is 14.0. The third kappa shape index (κ3) is 3.05. The largest absolute Gasteiger partial charge is 0.390 e. The number of aromatic nitrogens is 3. The van der Waals surface area contributed by atoms with Crippen molar-refractivity contribution in [3.63, 3.8) is 0 Å². The van der Waals surface area contributed by atoms with Crippen LogP contribution in [0.5, 0.6) is 0 Å². The fraction of sp³-hybridized carbons (Fsp3) is 0.500. The van der Waals surface area contributed by atoms with Gasteiger partial charge in [0.1, 0.15) is 0 Å². The maximum absolute atomic E-state index is 12.7. The molecule has 25 heavy (non-hydrogen) atoms. The fourth-order valence-corrected chi connectivity index (χ4v) is 3.71. The molecule has 2 aliphatic rings. The number of ether oxygens (including phenoxy) is 1. The van der Waals surface area contributed by atoms with E-state index in [0.717, 1.165) is 18.5 Å². The van der Waals surface area contributed by atoms with E-state index in [1.165, 1.54) is 0 Å². The van der Waals surface area contributed by atoms with Crippen molar-refractivity contribution < 1.29 is 14.6 Å². The number of carbonyl (C=O) groups excluding carboxylic acids is 1. The Morgan fingerprint density at radius 2 is 2.00 bits per heavy atom. The Morgan fingerprint density at radius 3 is 2.72 bits per heavy atom. The van der Waals surface area contributed by atoms with Crippen LogP contribution < -0.4 is 0 Å². The summed E-state index contributed by atoms with van der Waals surface area (Å²) in [5.41, 5.74) is 0.728. The van der Waals surface area contributed by atoms with E-state index in [2.05, 4.69) is 10.3 Å². The van der Waals surface area contributed by atoms with Gasteiger partial charge in [0.15, 0.2) is 5.69 Å². The smallest absolute Gasteiger partial charge is 0.276 e. The van der Waals surface area contributed by atoms with Gasteiger partial charge in [0.25, 0.3) is 5.91 Å². The van der Waals surface area contributed by atoms with Gasteiger partial charge in [-0.05, 0) is 37.8 Å². The standard InChI is InChI=1S/C18H22N4O3/c23-16-7-4-12-25-18(16)8-10-21(11-9-18)17(24)15-13-22(20-19-15)14-5-2-1-3-6-14/h1-3,5-6,13,16,23H,4,7-12H2. The van der Waals surface area contributed by atoms with E-state index in [9.17, 15) is 9.90 Å². The van der Waals surface area contributed by atoms with Crippen molar-refractivity contribution in [2.45, 2.75) is 37.4 Å². The topological polar surface area (TPSA) is 80.5 Å². The molecule has 1 spiro atoms. The summed E-state index contributed by atoms with van der Waals surface area (Å²) in [5, 5.41) is 18.4. The lowest BCUT2D eigenvalue weighted by Crippen LogP contribution is -2.56. The molecular weight excluding hydrogens is 320 g/mol. The van der Waals surface area contributed by atoms with Gasteiger partial charge in [-0.15, -0.1) is 5.10 Å². The number of aliphatic hydroxyl groups is 1. The number of carbonyl (C=O) groups is 1. The molecule has 0 saturated carbocycles. The molecule has 1 amide bonds. The van der Waals surface area contributed by atoms with Gasteiger partial charge < -0.3 is 14.7 Å². The highest BCUT2D eigenvalue weighted by atomic mass is 16.5. The minimum Gasteiger partial charge on any atom is -0.390 e. The van der Waals surface area contributed by atoms with E-state index in [1.54, 1.807) is 15.8 Å². The lowest BCUT2D eigenvalue weighted by molar-refractivity contribution is -0.174. The maximum atomic E-state index is 12.7. The Morgan fingerprint density at radius 1 is 1.24 bits per heavy atom. The van der Waals surface area contributed by atoms with Crippen molar-refractivity contribution in [1.82, 2.24) is 19.9 Å². The number of benzene rings is 1. The molecule has 0 bridgehead atoms. The van der Waals surface area contributed by atoms with E-state index in [1.807, 2.05) is 30.3 Å². The van der Waals surface area contributed by atoms with Crippen molar-refractivity contribution in [1.29, 1.82) is 0 Å². The second-order valence-electron chi connectivity index (χ2n) is 6.75. The molecule has 132 valence electrons. The lowest BCUT2D eigenvalue weighted by Gasteiger charge is -2.46. The van der Waals surface area contributed by atoms with Gasteiger partial charge in [-0.2, -0.15) is 0 Å². The first-order valence-electron chi connectivity index (χ1n) is 8.77. The van der Waals surface area contributed by atoms with E-state index >= 15 is 0 Å². The predicted molar refractivity (Wildman–Crippen MR) is 90.4 cm³/mol. The second kappa shape index (κ2) is 6.57.